The molecule has 1 saturated heterocycles. The van der Waals surface area contributed by atoms with Crippen molar-refractivity contribution in [3.05, 3.63) is 70.6 Å². The molecule has 1 aliphatic rings. The normalized spacial score (nSPS) is 16.4. The lowest BCUT2D eigenvalue weighted by Crippen LogP contribution is -2.42. The first-order chi connectivity index (χ1) is 13.6. The number of hydrogen-bond donors (Lipinski definition) is 1. The fraction of sp³-hybridized carbons (Fsp3) is 0.364. The van der Waals surface area contributed by atoms with Gasteiger partial charge in [-0.25, -0.2) is 4.79 Å². The van der Waals surface area contributed by atoms with Gasteiger partial charge in [0.15, 0.2) is 0 Å². The summed E-state index contributed by atoms with van der Waals surface area (Å²) in [4.78, 5) is 27.1. The highest BCUT2D eigenvalue weighted by molar-refractivity contribution is 5.81. The van der Waals surface area contributed by atoms with Crippen LogP contribution in [0.15, 0.2) is 59.4 Å². The number of amides is 1. The van der Waals surface area contributed by atoms with Crippen LogP contribution < -0.4 is 5.69 Å². The smallest absolute Gasteiger partial charge is 0.329 e. The maximum absolute atomic E-state index is 12.8. The largest absolute Gasteiger partial charge is 0.388 e. The van der Waals surface area contributed by atoms with Crippen molar-refractivity contribution < 1.29 is 9.90 Å². The van der Waals surface area contributed by atoms with Crippen LogP contribution in [0, 0.1) is 5.92 Å². The van der Waals surface area contributed by atoms with Crippen LogP contribution in [-0.2, 0) is 18.4 Å². The molecule has 1 aliphatic heterocycles. The monoisotopic (exact) mass is 379 g/mol. The molecule has 1 unspecified atom stereocenters. The van der Waals surface area contributed by atoms with Gasteiger partial charge in [-0.2, -0.15) is 0 Å². The van der Waals surface area contributed by atoms with Gasteiger partial charge in [-0.15, -0.1) is 0 Å². The fourth-order valence-electron chi connectivity index (χ4n) is 4.14. The number of aliphatic hydroxyl groups excluding tert-OH is 1. The molecule has 0 saturated carbocycles. The van der Waals surface area contributed by atoms with E-state index in [1.54, 1.807) is 16.2 Å². The van der Waals surface area contributed by atoms with Gasteiger partial charge >= 0.3 is 5.69 Å². The summed E-state index contributed by atoms with van der Waals surface area (Å²) in [6.07, 6.45) is 1.01. The van der Waals surface area contributed by atoms with Crippen LogP contribution in [0.5, 0.6) is 0 Å². The van der Waals surface area contributed by atoms with Crippen LogP contribution >= 0.6 is 0 Å². The zero-order chi connectivity index (χ0) is 19.7. The van der Waals surface area contributed by atoms with Crippen LogP contribution in [-0.4, -0.2) is 38.1 Å². The van der Waals surface area contributed by atoms with Crippen molar-refractivity contribution in [2.45, 2.75) is 25.5 Å². The van der Waals surface area contributed by atoms with Crippen molar-refractivity contribution in [3.8, 4) is 0 Å². The van der Waals surface area contributed by atoms with Gasteiger partial charge in [0, 0.05) is 20.1 Å². The van der Waals surface area contributed by atoms with E-state index >= 15 is 0 Å². The lowest BCUT2D eigenvalue weighted by molar-refractivity contribution is -0.133. The third-order valence-electron chi connectivity index (χ3n) is 5.83. The second-order valence-electron chi connectivity index (χ2n) is 7.49. The predicted molar refractivity (Wildman–Crippen MR) is 108 cm³/mol. The SMILES string of the molecule is Cn1c(=O)n(CC(=O)N2CCC(C(O)c3ccccc3)CC2)c2ccccc21. The number of likely N-dealkylation sites (tertiary alicyclic amines) is 1. The average Bonchev–Trinajstić information content (AvgIpc) is 2.99. The van der Waals surface area contributed by atoms with Gasteiger partial charge in [-0.3, -0.25) is 13.9 Å². The van der Waals surface area contributed by atoms with E-state index in [1.807, 2.05) is 59.5 Å². The molecule has 1 aromatic heterocycles. The van der Waals surface area contributed by atoms with Gasteiger partial charge < -0.3 is 10.0 Å². The summed E-state index contributed by atoms with van der Waals surface area (Å²) in [5.41, 5.74) is 2.35. The molecule has 2 heterocycles. The molecule has 0 bridgehead atoms. The molecule has 146 valence electrons. The van der Waals surface area contributed by atoms with Crippen molar-refractivity contribution in [1.29, 1.82) is 0 Å². The van der Waals surface area contributed by atoms with Crippen molar-refractivity contribution in [3.63, 3.8) is 0 Å². The molecule has 2 aromatic carbocycles. The number of aliphatic hydroxyl groups is 1. The second kappa shape index (κ2) is 7.64. The predicted octanol–water partition coefficient (Wildman–Crippen LogP) is 2.31. The molecule has 1 atom stereocenters. The Kier molecular flexibility index (Phi) is 5.05. The van der Waals surface area contributed by atoms with Crippen LogP contribution in [0.25, 0.3) is 11.0 Å². The molecule has 6 heteroatoms. The maximum atomic E-state index is 12.8. The van der Waals surface area contributed by atoms with Gasteiger partial charge in [0.1, 0.15) is 6.54 Å². The molecule has 1 fully saturated rings. The van der Waals surface area contributed by atoms with E-state index in [1.165, 1.54) is 0 Å². The number of nitrogens with zero attached hydrogens (tertiary/aromatic N) is 3. The number of carbonyl (C=O) groups excluding carboxylic acids is 1. The maximum Gasteiger partial charge on any atom is 0.329 e. The third-order valence-corrected chi connectivity index (χ3v) is 5.83. The van der Waals surface area contributed by atoms with Crippen molar-refractivity contribution >= 4 is 16.9 Å². The number of imidazole rings is 1. The molecule has 4 rings (SSSR count). The third kappa shape index (κ3) is 3.36. The lowest BCUT2D eigenvalue weighted by Gasteiger charge is -2.34. The minimum atomic E-state index is -0.501. The Labute approximate surface area is 163 Å². The Bertz CT molecular complexity index is 1030. The number of benzene rings is 2. The van der Waals surface area contributed by atoms with E-state index in [0.29, 0.717) is 13.1 Å². The van der Waals surface area contributed by atoms with E-state index in [-0.39, 0.29) is 24.1 Å². The van der Waals surface area contributed by atoms with Crippen LogP contribution in [0.1, 0.15) is 24.5 Å². The van der Waals surface area contributed by atoms with Crippen molar-refractivity contribution in [1.82, 2.24) is 14.0 Å². The summed E-state index contributed by atoms with van der Waals surface area (Å²) in [6, 6.07) is 17.2. The average molecular weight is 379 g/mol. The number of rotatable bonds is 4. The number of piperidine rings is 1. The first kappa shape index (κ1) is 18.5. The number of para-hydroxylation sites is 2. The molecule has 0 spiro atoms. The van der Waals surface area contributed by atoms with Gasteiger partial charge in [0.25, 0.3) is 0 Å². The minimum absolute atomic E-state index is 0.0477. The van der Waals surface area contributed by atoms with Crippen molar-refractivity contribution in [2.75, 3.05) is 13.1 Å². The van der Waals surface area contributed by atoms with Gasteiger partial charge in [-0.1, -0.05) is 42.5 Å². The molecule has 1 N–H and O–H groups in total. The molecular formula is C22H25N3O3. The zero-order valence-electron chi connectivity index (χ0n) is 16.0. The lowest BCUT2D eigenvalue weighted by atomic mass is 9.87. The van der Waals surface area contributed by atoms with Crippen LogP contribution in [0.4, 0.5) is 0 Å². The van der Waals surface area contributed by atoms with E-state index in [9.17, 15) is 14.7 Å². The number of aromatic nitrogens is 2. The highest BCUT2D eigenvalue weighted by atomic mass is 16.3. The van der Waals surface area contributed by atoms with E-state index in [0.717, 1.165) is 29.4 Å². The summed E-state index contributed by atoms with van der Waals surface area (Å²) in [5.74, 6) is 0.0952. The molecule has 1 amide bonds. The summed E-state index contributed by atoms with van der Waals surface area (Å²) in [6.45, 7) is 1.26. The summed E-state index contributed by atoms with van der Waals surface area (Å²) in [5, 5.41) is 10.6. The highest BCUT2D eigenvalue weighted by Crippen LogP contribution is 2.30. The number of fused-ring (bicyclic) bond motifs is 1. The number of aryl methyl sites for hydroxylation is 1. The Morgan fingerprint density at radius 1 is 1.04 bits per heavy atom. The first-order valence-electron chi connectivity index (χ1n) is 9.71. The van der Waals surface area contributed by atoms with Crippen LogP contribution in [0.2, 0.25) is 0 Å². The van der Waals surface area contributed by atoms with E-state index in [4.69, 9.17) is 0 Å². The topological polar surface area (TPSA) is 67.5 Å². The Balaban J connectivity index is 1.43. The highest BCUT2D eigenvalue weighted by Gasteiger charge is 2.28. The van der Waals surface area contributed by atoms with Gasteiger partial charge in [0.05, 0.1) is 17.1 Å². The quantitative estimate of drug-likeness (QED) is 0.756. The summed E-state index contributed by atoms with van der Waals surface area (Å²) in [7, 11) is 1.72. The number of carbonyl (C=O) groups is 1. The Morgan fingerprint density at radius 3 is 2.32 bits per heavy atom. The second-order valence-corrected chi connectivity index (χ2v) is 7.49. The van der Waals surface area contributed by atoms with Crippen LogP contribution in [0.3, 0.4) is 0 Å². The summed E-state index contributed by atoms with van der Waals surface area (Å²) >= 11 is 0. The Morgan fingerprint density at radius 2 is 1.64 bits per heavy atom. The summed E-state index contributed by atoms with van der Waals surface area (Å²) < 4.78 is 3.12. The Hall–Kier alpha value is -2.86. The van der Waals surface area contributed by atoms with Gasteiger partial charge in [-0.05, 0) is 36.5 Å². The molecule has 3 aromatic rings. The fourth-order valence-corrected chi connectivity index (χ4v) is 4.14. The van der Waals surface area contributed by atoms with Crippen molar-refractivity contribution in [2.24, 2.45) is 13.0 Å². The molecule has 0 aliphatic carbocycles. The van der Waals surface area contributed by atoms with E-state index in [2.05, 4.69) is 0 Å². The minimum Gasteiger partial charge on any atom is -0.388 e. The molecule has 6 nitrogen and oxygen atoms in total. The molecule has 0 radical (unpaired) electrons. The molecular weight excluding hydrogens is 354 g/mol. The first-order valence-corrected chi connectivity index (χ1v) is 9.71. The van der Waals surface area contributed by atoms with E-state index < -0.39 is 6.10 Å². The molecule has 28 heavy (non-hydrogen) atoms. The van der Waals surface area contributed by atoms with Gasteiger partial charge in [0.2, 0.25) is 5.91 Å². The number of hydrogen-bond acceptors (Lipinski definition) is 3. The zero-order valence-corrected chi connectivity index (χ0v) is 16.0. The standard InChI is InChI=1S/C22H25N3O3/c1-23-18-9-5-6-10-19(18)25(22(23)28)15-20(26)24-13-11-17(12-14-24)21(27)16-7-3-2-4-8-16/h2-10,17,21,27H,11-15H2,1H3.